The number of ketones is 1. The Hall–Kier alpha value is -1.65. The number of Topliss-reactive ketones (excluding diaryl/α,β-unsaturated/α-hetero) is 1. The van der Waals surface area contributed by atoms with Gasteiger partial charge in [0.15, 0.2) is 5.78 Å². The van der Waals surface area contributed by atoms with E-state index in [9.17, 15) is 9.59 Å². The molecule has 5 nitrogen and oxygen atoms in total. The standard InChI is InChI=1S/C9H13N3O2/c1-2-9(14)8(10-7-13)6-12-5-3-4-11-12/h3-5,7-8H,2,6H2,1H3,(H,10,13)/t8-/m0/s1. The van der Waals surface area contributed by atoms with Crippen molar-refractivity contribution in [3.63, 3.8) is 0 Å². The van der Waals surface area contributed by atoms with Gasteiger partial charge in [0.2, 0.25) is 6.41 Å². The van der Waals surface area contributed by atoms with Crippen LogP contribution in [0.4, 0.5) is 0 Å². The second-order valence-corrected chi connectivity index (χ2v) is 2.89. The lowest BCUT2D eigenvalue weighted by Crippen LogP contribution is -2.39. The average Bonchev–Trinajstić information content (AvgIpc) is 2.68. The highest BCUT2D eigenvalue weighted by Gasteiger charge is 2.15. The molecule has 76 valence electrons. The Labute approximate surface area is 82.1 Å². The molecule has 0 aliphatic carbocycles. The number of nitrogens with one attached hydrogen (secondary N) is 1. The van der Waals surface area contributed by atoms with Crippen LogP contribution < -0.4 is 5.32 Å². The molecule has 1 aromatic heterocycles. The van der Waals surface area contributed by atoms with Crippen LogP contribution in [0.15, 0.2) is 18.5 Å². The summed E-state index contributed by atoms with van der Waals surface area (Å²) in [4.78, 5) is 21.6. The van der Waals surface area contributed by atoms with Crippen LogP contribution in [0, 0.1) is 0 Å². The molecule has 1 amide bonds. The first-order valence-corrected chi connectivity index (χ1v) is 4.47. The van der Waals surface area contributed by atoms with E-state index >= 15 is 0 Å². The molecule has 1 rings (SSSR count). The van der Waals surface area contributed by atoms with E-state index in [0.717, 1.165) is 0 Å². The van der Waals surface area contributed by atoms with Gasteiger partial charge in [-0.05, 0) is 6.07 Å². The Kier molecular flexibility index (Phi) is 3.84. The number of carbonyl (C=O) groups excluding carboxylic acids is 2. The van der Waals surface area contributed by atoms with Crippen molar-refractivity contribution in [3.8, 4) is 0 Å². The maximum atomic E-state index is 11.4. The molecule has 5 heteroatoms. The summed E-state index contributed by atoms with van der Waals surface area (Å²) >= 11 is 0. The predicted molar refractivity (Wildman–Crippen MR) is 50.5 cm³/mol. The highest BCUT2D eigenvalue weighted by molar-refractivity contribution is 5.85. The van der Waals surface area contributed by atoms with Crippen LogP contribution in [0.3, 0.4) is 0 Å². The Morgan fingerprint density at radius 1 is 1.71 bits per heavy atom. The molecule has 1 N–H and O–H groups in total. The Balaban J connectivity index is 2.59. The van der Waals surface area contributed by atoms with Crippen molar-refractivity contribution in [2.75, 3.05) is 0 Å². The molecule has 1 heterocycles. The van der Waals surface area contributed by atoms with Crippen LogP contribution >= 0.6 is 0 Å². The third kappa shape index (κ3) is 2.69. The molecule has 0 aliphatic heterocycles. The fourth-order valence-electron chi connectivity index (χ4n) is 1.17. The molecule has 0 fully saturated rings. The number of amides is 1. The lowest BCUT2D eigenvalue weighted by Gasteiger charge is -2.13. The van der Waals surface area contributed by atoms with Crippen molar-refractivity contribution in [2.45, 2.75) is 25.9 Å². The number of nitrogens with zero attached hydrogens (tertiary/aromatic N) is 2. The van der Waals surface area contributed by atoms with Crippen molar-refractivity contribution < 1.29 is 9.59 Å². The smallest absolute Gasteiger partial charge is 0.207 e. The van der Waals surface area contributed by atoms with Crippen LogP contribution in [0.25, 0.3) is 0 Å². The minimum atomic E-state index is -0.475. The normalized spacial score (nSPS) is 12.1. The first-order valence-electron chi connectivity index (χ1n) is 4.47. The van der Waals surface area contributed by atoms with Gasteiger partial charge in [0.25, 0.3) is 0 Å². The number of hydrogen-bond acceptors (Lipinski definition) is 3. The highest BCUT2D eigenvalue weighted by Crippen LogP contribution is 1.95. The Morgan fingerprint density at radius 3 is 3.00 bits per heavy atom. The molecular formula is C9H13N3O2. The summed E-state index contributed by atoms with van der Waals surface area (Å²) in [5.74, 6) is 0.00704. The second kappa shape index (κ2) is 5.16. The summed E-state index contributed by atoms with van der Waals surface area (Å²) in [5, 5.41) is 6.44. The minimum absolute atomic E-state index is 0.00704. The molecular weight excluding hydrogens is 182 g/mol. The van der Waals surface area contributed by atoms with E-state index in [1.807, 2.05) is 0 Å². The summed E-state index contributed by atoms with van der Waals surface area (Å²) in [5.41, 5.74) is 0. The number of carbonyl (C=O) groups is 2. The molecule has 1 aromatic rings. The van der Waals surface area contributed by atoms with Gasteiger partial charge in [-0.25, -0.2) is 0 Å². The lowest BCUT2D eigenvalue weighted by atomic mass is 10.1. The zero-order chi connectivity index (χ0) is 10.4. The molecule has 1 atom stereocenters. The van der Waals surface area contributed by atoms with E-state index in [1.165, 1.54) is 0 Å². The molecule has 0 radical (unpaired) electrons. The van der Waals surface area contributed by atoms with Gasteiger partial charge >= 0.3 is 0 Å². The monoisotopic (exact) mass is 195 g/mol. The topological polar surface area (TPSA) is 64.0 Å². The summed E-state index contributed by atoms with van der Waals surface area (Å²) in [7, 11) is 0. The van der Waals surface area contributed by atoms with Gasteiger partial charge in [-0.1, -0.05) is 6.92 Å². The molecule has 0 aliphatic rings. The van der Waals surface area contributed by atoms with Gasteiger partial charge in [0, 0.05) is 18.8 Å². The van der Waals surface area contributed by atoms with Crippen LogP contribution in [0.2, 0.25) is 0 Å². The van der Waals surface area contributed by atoms with Crippen molar-refractivity contribution in [1.29, 1.82) is 0 Å². The molecule has 0 aromatic carbocycles. The SMILES string of the molecule is CCC(=O)[C@H](Cn1cccn1)NC=O. The molecule has 0 saturated carbocycles. The maximum Gasteiger partial charge on any atom is 0.207 e. The molecule has 0 spiro atoms. The first-order chi connectivity index (χ1) is 6.77. The van der Waals surface area contributed by atoms with Crippen LogP contribution in [-0.2, 0) is 16.1 Å². The van der Waals surface area contributed by atoms with Crippen molar-refractivity contribution in [1.82, 2.24) is 15.1 Å². The zero-order valence-electron chi connectivity index (χ0n) is 8.01. The van der Waals surface area contributed by atoms with E-state index in [2.05, 4.69) is 10.4 Å². The van der Waals surface area contributed by atoms with Crippen molar-refractivity contribution in [2.24, 2.45) is 0 Å². The molecule has 0 saturated heterocycles. The van der Waals surface area contributed by atoms with Gasteiger partial charge in [0.1, 0.15) is 6.04 Å². The quantitative estimate of drug-likeness (QED) is 0.649. The second-order valence-electron chi connectivity index (χ2n) is 2.89. The summed E-state index contributed by atoms with van der Waals surface area (Å²) < 4.78 is 1.62. The summed E-state index contributed by atoms with van der Waals surface area (Å²) in [6, 6.07) is 1.30. The van der Waals surface area contributed by atoms with Crippen molar-refractivity contribution in [3.05, 3.63) is 18.5 Å². The van der Waals surface area contributed by atoms with Crippen LogP contribution in [-0.4, -0.2) is 28.0 Å². The van der Waals surface area contributed by atoms with Gasteiger partial charge in [0.05, 0.1) is 6.54 Å². The lowest BCUT2D eigenvalue weighted by molar-refractivity contribution is -0.123. The fraction of sp³-hybridized carbons (Fsp3) is 0.444. The number of hydrogen-bond donors (Lipinski definition) is 1. The average molecular weight is 195 g/mol. The van der Waals surface area contributed by atoms with E-state index < -0.39 is 6.04 Å². The number of aromatic nitrogens is 2. The maximum absolute atomic E-state index is 11.4. The van der Waals surface area contributed by atoms with Gasteiger partial charge in [-0.3, -0.25) is 14.3 Å². The Morgan fingerprint density at radius 2 is 2.50 bits per heavy atom. The largest absolute Gasteiger partial charge is 0.347 e. The molecule has 0 bridgehead atoms. The zero-order valence-corrected chi connectivity index (χ0v) is 8.01. The molecule has 0 unspecified atom stereocenters. The highest BCUT2D eigenvalue weighted by atomic mass is 16.1. The summed E-state index contributed by atoms with van der Waals surface area (Å²) in [6.45, 7) is 2.16. The minimum Gasteiger partial charge on any atom is -0.347 e. The third-order valence-electron chi connectivity index (χ3n) is 1.94. The summed E-state index contributed by atoms with van der Waals surface area (Å²) in [6.07, 6.45) is 4.34. The van der Waals surface area contributed by atoms with E-state index in [1.54, 1.807) is 30.1 Å². The van der Waals surface area contributed by atoms with Gasteiger partial charge < -0.3 is 5.32 Å². The molecule has 14 heavy (non-hydrogen) atoms. The predicted octanol–water partition coefficient (Wildman–Crippen LogP) is -0.0232. The third-order valence-corrected chi connectivity index (χ3v) is 1.94. The van der Waals surface area contributed by atoms with E-state index in [-0.39, 0.29) is 5.78 Å². The number of rotatable bonds is 6. The van der Waals surface area contributed by atoms with Gasteiger partial charge in [-0.2, -0.15) is 5.10 Å². The van der Waals surface area contributed by atoms with E-state index in [4.69, 9.17) is 0 Å². The van der Waals surface area contributed by atoms with E-state index in [0.29, 0.717) is 19.4 Å². The first kappa shape index (κ1) is 10.4. The Bertz CT molecular complexity index is 295. The fourth-order valence-corrected chi connectivity index (χ4v) is 1.17. The van der Waals surface area contributed by atoms with Crippen LogP contribution in [0.1, 0.15) is 13.3 Å². The van der Waals surface area contributed by atoms with Crippen LogP contribution in [0.5, 0.6) is 0 Å². The van der Waals surface area contributed by atoms with Crippen molar-refractivity contribution >= 4 is 12.2 Å². The van der Waals surface area contributed by atoms with Gasteiger partial charge in [-0.15, -0.1) is 0 Å².